The Morgan fingerprint density at radius 2 is 2.00 bits per heavy atom. The number of rotatable bonds is 6. The fraction of sp³-hybridized carbons (Fsp3) is 0.412. The molecule has 3 nitrogen and oxygen atoms in total. The molecule has 0 aromatic heterocycles. The molecule has 2 N–H and O–H groups in total. The van der Waals surface area contributed by atoms with E-state index in [4.69, 9.17) is 4.74 Å². The van der Waals surface area contributed by atoms with Crippen molar-refractivity contribution in [1.82, 2.24) is 0 Å². The molecular formula is C17H24O3. The number of phenols is 2. The molecule has 0 unspecified atom stereocenters. The number of hydrogen-bond donors (Lipinski definition) is 2. The summed E-state index contributed by atoms with van der Waals surface area (Å²) >= 11 is 0. The first-order valence-corrected chi connectivity index (χ1v) is 6.76. The number of benzene rings is 1. The molecule has 1 aromatic carbocycles. The Morgan fingerprint density at radius 3 is 2.60 bits per heavy atom. The topological polar surface area (TPSA) is 49.7 Å². The van der Waals surface area contributed by atoms with Crippen molar-refractivity contribution in [2.45, 2.75) is 39.2 Å². The van der Waals surface area contributed by atoms with Gasteiger partial charge >= 0.3 is 0 Å². The Labute approximate surface area is 121 Å². The van der Waals surface area contributed by atoms with Gasteiger partial charge < -0.3 is 14.9 Å². The van der Waals surface area contributed by atoms with Gasteiger partial charge in [0.15, 0.2) is 0 Å². The van der Waals surface area contributed by atoms with Crippen molar-refractivity contribution < 1.29 is 14.9 Å². The Kier molecular flexibility index (Phi) is 5.83. The van der Waals surface area contributed by atoms with Crippen LogP contribution in [0.2, 0.25) is 0 Å². The van der Waals surface area contributed by atoms with Crippen LogP contribution < -0.4 is 0 Å². The third-order valence-corrected chi connectivity index (χ3v) is 3.29. The summed E-state index contributed by atoms with van der Waals surface area (Å²) in [4.78, 5) is 0. The molecule has 0 fully saturated rings. The third kappa shape index (κ3) is 5.10. The summed E-state index contributed by atoms with van der Waals surface area (Å²) in [6.07, 6.45) is 7.66. The fourth-order valence-electron chi connectivity index (χ4n) is 1.84. The van der Waals surface area contributed by atoms with E-state index in [0.29, 0.717) is 5.56 Å². The van der Waals surface area contributed by atoms with Gasteiger partial charge in [0.05, 0.1) is 5.60 Å². The highest BCUT2D eigenvalue weighted by molar-refractivity contribution is 5.59. The number of hydrogen-bond acceptors (Lipinski definition) is 3. The number of allylic oxidation sites excluding steroid dienone is 2. The number of aromatic hydroxyl groups is 2. The molecule has 110 valence electrons. The van der Waals surface area contributed by atoms with Gasteiger partial charge in [-0.25, -0.2) is 0 Å². The van der Waals surface area contributed by atoms with Crippen LogP contribution in [0.15, 0.2) is 35.9 Å². The third-order valence-electron chi connectivity index (χ3n) is 3.29. The molecule has 0 saturated heterocycles. The second-order valence-corrected chi connectivity index (χ2v) is 5.41. The highest BCUT2D eigenvalue weighted by Gasteiger charge is 2.18. The van der Waals surface area contributed by atoms with E-state index in [-0.39, 0.29) is 11.5 Å². The van der Waals surface area contributed by atoms with Gasteiger partial charge in [-0.15, -0.1) is 0 Å². The van der Waals surface area contributed by atoms with E-state index in [0.717, 1.165) is 12.8 Å². The maximum atomic E-state index is 9.74. The summed E-state index contributed by atoms with van der Waals surface area (Å²) in [5.41, 5.74) is 1.47. The van der Waals surface area contributed by atoms with Gasteiger partial charge in [-0.3, -0.25) is 0 Å². The first kappa shape index (κ1) is 16.3. The van der Waals surface area contributed by atoms with Gasteiger partial charge in [0, 0.05) is 12.7 Å². The van der Waals surface area contributed by atoms with Crippen molar-refractivity contribution >= 4 is 6.08 Å². The number of ether oxygens (including phenoxy) is 1. The van der Waals surface area contributed by atoms with Gasteiger partial charge in [-0.1, -0.05) is 23.8 Å². The van der Waals surface area contributed by atoms with Crippen molar-refractivity contribution in [2.24, 2.45) is 0 Å². The molecule has 0 saturated carbocycles. The van der Waals surface area contributed by atoms with Crippen LogP contribution in [0.4, 0.5) is 0 Å². The minimum Gasteiger partial charge on any atom is -0.508 e. The molecule has 0 heterocycles. The maximum Gasteiger partial charge on any atom is 0.123 e. The predicted octanol–water partition coefficient (Wildman–Crippen LogP) is 4.26. The van der Waals surface area contributed by atoms with Crippen LogP contribution in [0.1, 0.15) is 39.2 Å². The smallest absolute Gasteiger partial charge is 0.123 e. The standard InChI is InChI=1S/C17H24O3/c1-13(2)6-5-10-17(3,20-4)11-9-14-12-15(18)7-8-16(14)19/h6-9,11-12,18-19H,5,10H2,1-4H3/b11-9+/t17-/m1/s1. The van der Waals surface area contributed by atoms with Gasteiger partial charge in [-0.05, 0) is 51.8 Å². The van der Waals surface area contributed by atoms with E-state index in [2.05, 4.69) is 19.9 Å². The van der Waals surface area contributed by atoms with Crippen molar-refractivity contribution in [3.8, 4) is 11.5 Å². The lowest BCUT2D eigenvalue weighted by molar-refractivity contribution is 0.0429. The van der Waals surface area contributed by atoms with Crippen LogP contribution in [0.3, 0.4) is 0 Å². The van der Waals surface area contributed by atoms with E-state index in [1.54, 1.807) is 13.2 Å². The Bertz CT molecular complexity index is 499. The van der Waals surface area contributed by atoms with Gasteiger partial charge in [0.2, 0.25) is 0 Å². The molecule has 0 bridgehead atoms. The summed E-state index contributed by atoms with van der Waals surface area (Å²) in [5.74, 6) is 0.271. The largest absolute Gasteiger partial charge is 0.508 e. The summed E-state index contributed by atoms with van der Waals surface area (Å²) in [6.45, 7) is 6.15. The molecule has 0 spiro atoms. The first-order valence-electron chi connectivity index (χ1n) is 6.76. The van der Waals surface area contributed by atoms with Gasteiger partial charge in [0.1, 0.15) is 11.5 Å². The molecule has 0 amide bonds. The second-order valence-electron chi connectivity index (χ2n) is 5.41. The lowest BCUT2D eigenvalue weighted by Crippen LogP contribution is -2.23. The minimum absolute atomic E-state index is 0.131. The van der Waals surface area contributed by atoms with E-state index < -0.39 is 5.60 Å². The molecule has 0 radical (unpaired) electrons. The van der Waals surface area contributed by atoms with Crippen molar-refractivity contribution in [3.63, 3.8) is 0 Å². The Balaban J connectivity index is 2.83. The van der Waals surface area contributed by atoms with Crippen LogP contribution in [0.5, 0.6) is 11.5 Å². The lowest BCUT2D eigenvalue weighted by atomic mass is 9.97. The summed E-state index contributed by atoms with van der Waals surface area (Å²) in [6, 6.07) is 4.46. The minimum atomic E-state index is -0.399. The van der Waals surface area contributed by atoms with Crippen LogP contribution in [-0.2, 0) is 4.74 Å². The van der Waals surface area contributed by atoms with Crippen molar-refractivity contribution in [1.29, 1.82) is 0 Å². The molecule has 3 heteroatoms. The fourth-order valence-corrected chi connectivity index (χ4v) is 1.84. The zero-order valence-corrected chi connectivity index (χ0v) is 12.7. The number of methoxy groups -OCH3 is 1. The average Bonchev–Trinajstić information content (AvgIpc) is 2.39. The molecule has 20 heavy (non-hydrogen) atoms. The van der Waals surface area contributed by atoms with Crippen molar-refractivity contribution in [3.05, 3.63) is 41.5 Å². The molecule has 1 aromatic rings. The van der Waals surface area contributed by atoms with Crippen LogP contribution in [-0.4, -0.2) is 22.9 Å². The van der Waals surface area contributed by atoms with Gasteiger partial charge in [0.25, 0.3) is 0 Å². The molecule has 0 aliphatic carbocycles. The van der Waals surface area contributed by atoms with E-state index >= 15 is 0 Å². The Hall–Kier alpha value is -1.74. The summed E-state index contributed by atoms with van der Waals surface area (Å²) < 4.78 is 5.55. The molecular weight excluding hydrogens is 252 g/mol. The molecule has 0 aliphatic rings. The molecule has 1 rings (SSSR count). The second kappa shape index (κ2) is 7.15. The van der Waals surface area contributed by atoms with Crippen LogP contribution in [0, 0.1) is 0 Å². The zero-order valence-electron chi connectivity index (χ0n) is 12.7. The number of phenolic OH excluding ortho intramolecular Hbond substituents is 2. The quantitative estimate of drug-likeness (QED) is 0.603. The highest BCUT2D eigenvalue weighted by Crippen LogP contribution is 2.26. The van der Waals surface area contributed by atoms with Crippen LogP contribution in [0.25, 0.3) is 6.08 Å². The predicted molar refractivity (Wildman–Crippen MR) is 82.9 cm³/mol. The van der Waals surface area contributed by atoms with E-state index in [1.807, 2.05) is 13.0 Å². The van der Waals surface area contributed by atoms with E-state index in [1.165, 1.54) is 23.8 Å². The first-order chi connectivity index (χ1) is 9.36. The zero-order chi connectivity index (χ0) is 15.2. The van der Waals surface area contributed by atoms with E-state index in [9.17, 15) is 10.2 Å². The average molecular weight is 276 g/mol. The summed E-state index contributed by atoms with van der Waals surface area (Å²) in [7, 11) is 1.68. The monoisotopic (exact) mass is 276 g/mol. The maximum absolute atomic E-state index is 9.74. The molecule has 1 atom stereocenters. The summed E-state index contributed by atoms with van der Waals surface area (Å²) in [5, 5.41) is 19.2. The normalized spacial score (nSPS) is 14.2. The molecule has 0 aliphatic heterocycles. The lowest BCUT2D eigenvalue weighted by Gasteiger charge is -2.24. The van der Waals surface area contributed by atoms with Crippen molar-refractivity contribution in [2.75, 3.05) is 7.11 Å². The van der Waals surface area contributed by atoms with Gasteiger partial charge in [-0.2, -0.15) is 0 Å². The highest BCUT2D eigenvalue weighted by atomic mass is 16.5. The van der Waals surface area contributed by atoms with Crippen LogP contribution >= 0.6 is 0 Å². The SMILES string of the molecule is CO[C@@](C)(/C=C/c1cc(O)ccc1O)CCC=C(C)C. The Morgan fingerprint density at radius 1 is 1.30 bits per heavy atom.